The molecule has 1 N–H and O–H groups in total. The number of hydrogen-bond donors (Lipinski definition) is 1. The zero-order valence-corrected chi connectivity index (χ0v) is 12.4. The normalized spacial score (nSPS) is 27.1. The molecule has 106 valence electrons. The van der Waals surface area contributed by atoms with Crippen LogP contribution >= 0.6 is 11.6 Å². The Labute approximate surface area is 119 Å². The Bertz CT molecular complexity index is 429. The number of halogens is 1. The van der Waals surface area contributed by atoms with Gasteiger partial charge in [0.2, 0.25) is 11.2 Å². The van der Waals surface area contributed by atoms with E-state index in [0.717, 1.165) is 25.3 Å². The lowest BCUT2D eigenvalue weighted by atomic mass is 9.80. The summed E-state index contributed by atoms with van der Waals surface area (Å²) < 4.78 is 5.86. The van der Waals surface area contributed by atoms with Crippen molar-refractivity contribution in [1.82, 2.24) is 15.0 Å². The van der Waals surface area contributed by atoms with Crippen LogP contribution in [0.4, 0.5) is 5.95 Å². The molecule has 0 saturated heterocycles. The van der Waals surface area contributed by atoms with Crippen molar-refractivity contribution in [1.29, 1.82) is 0 Å². The van der Waals surface area contributed by atoms with Crippen molar-refractivity contribution in [3.8, 4) is 6.01 Å². The van der Waals surface area contributed by atoms with Gasteiger partial charge in [0.05, 0.1) is 0 Å². The van der Waals surface area contributed by atoms with Crippen LogP contribution in [0.25, 0.3) is 0 Å². The smallest absolute Gasteiger partial charge is 0.322 e. The molecule has 1 aliphatic carbocycles. The summed E-state index contributed by atoms with van der Waals surface area (Å²) in [5.41, 5.74) is 0. The number of rotatable bonds is 4. The first-order valence-corrected chi connectivity index (χ1v) is 7.28. The van der Waals surface area contributed by atoms with E-state index in [1.807, 2.05) is 6.92 Å². The monoisotopic (exact) mass is 284 g/mol. The van der Waals surface area contributed by atoms with Gasteiger partial charge in [0, 0.05) is 6.54 Å². The SMILES string of the molecule is CCNc1nc(Cl)nc(OC2CCC(C)C(C)C2)n1. The van der Waals surface area contributed by atoms with E-state index >= 15 is 0 Å². The fourth-order valence-electron chi connectivity index (χ4n) is 2.38. The third-order valence-corrected chi connectivity index (χ3v) is 3.91. The van der Waals surface area contributed by atoms with Crippen molar-refractivity contribution < 1.29 is 4.74 Å². The third-order valence-electron chi connectivity index (χ3n) is 3.74. The van der Waals surface area contributed by atoms with Gasteiger partial charge in [-0.25, -0.2) is 0 Å². The van der Waals surface area contributed by atoms with Gasteiger partial charge in [-0.1, -0.05) is 13.8 Å². The Balaban J connectivity index is 2.02. The van der Waals surface area contributed by atoms with E-state index in [4.69, 9.17) is 16.3 Å². The minimum Gasteiger partial charge on any atom is -0.460 e. The van der Waals surface area contributed by atoms with Crippen LogP contribution in [-0.4, -0.2) is 27.6 Å². The molecular weight excluding hydrogens is 264 g/mol. The predicted molar refractivity (Wildman–Crippen MR) is 75.6 cm³/mol. The van der Waals surface area contributed by atoms with Gasteiger partial charge < -0.3 is 10.1 Å². The van der Waals surface area contributed by atoms with Gasteiger partial charge in [0.1, 0.15) is 6.10 Å². The van der Waals surface area contributed by atoms with E-state index in [1.165, 1.54) is 6.42 Å². The number of anilines is 1. The number of nitrogens with one attached hydrogen (secondary N) is 1. The molecule has 2 rings (SSSR count). The molecule has 0 radical (unpaired) electrons. The van der Waals surface area contributed by atoms with Crippen molar-refractivity contribution in [2.75, 3.05) is 11.9 Å². The summed E-state index contributed by atoms with van der Waals surface area (Å²) in [5, 5.41) is 3.18. The lowest BCUT2D eigenvalue weighted by molar-refractivity contribution is 0.0918. The molecule has 1 aliphatic rings. The van der Waals surface area contributed by atoms with Crippen molar-refractivity contribution >= 4 is 17.5 Å². The highest BCUT2D eigenvalue weighted by Gasteiger charge is 2.26. The molecule has 19 heavy (non-hydrogen) atoms. The lowest BCUT2D eigenvalue weighted by Gasteiger charge is -2.31. The highest BCUT2D eigenvalue weighted by molar-refractivity contribution is 6.28. The Kier molecular flexibility index (Phi) is 4.80. The van der Waals surface area contributed by atoms with Gasteiger partial charge in [-0.05, 0) is 49.6 Å². The molecule has 1 saturated carbocycles. The maximum atomic E-state index is 5.87. The summed E-state index contributed by atoms with van der Waals surface area (Å²) in [5.74, 6) is 1.90. The van der Waals surface area contributed by atoms with Crippen molar-refractivity contribution in [3.05, 3.63) is 5.28 Å². The average molecular weight is 285 g/mol. The van der Waals surface area contributed by atoms with Crippen LogP contribution in [0.5, 0.6) is 6.01 Å². The first-order valence-electron chi connectivity index (χ1n) is 6.90. The van der Waals surface area contributed by atoms with Crippen molar-refractivity contribution in [2.24, 2.45) is 11.8 Å². The summed E-state index contributed by atoms with van der Waals surface area (Å²) in [7, 11) is 0. The molecule has 1 heterocycles. The number of aromatic nitrogens is 3. The molecule has 0 aromatic carbocycles. The first kappa shape index (κ1) is 14.3. The van der Waals surface area contributed by atoms with Crippen LogP contribution in [0.3, 0.4) is 0 Å². The molecule has 1 aromatic rings. The maximum absolute atomic E-state index is 5.87. The number of ether oxygens (including phenoxy) is 1. The molecule has 1 aromatic heterocycles. The van der Waals surface area contributed by atoms with Crippen LogP contribution in [0.1, 0.15) is 40.0 Å². The standard InChI is InChI=1S/C13H21ClN4O/c1-4-15-12-16-11(14)17-13(18-12)19-10-6-5-8(2)9(3)7-10/h8-10H,4-7H2,1-3H3,(H,15,16,17,18). The Hall–Kier alpha value is -1.10. The fourth-order valence-corrected chi connectivity index (χ4v) is 2.53. The maximum Gasteiger partial charge on any atom is 0.322 e. The predicted octanol–water partition coefficient (Wildman–Crippen LogP) is 3.16. The quantitative estimate of drug-likeness (QED) is 0.920. The Morgan fingerprint density at radius 3 is 2.68 bits per heavy atom. The molecule has 0 amide bonds. The fraction of sp³-hybridized carbons (Fsp3) is 0.769. The van der Waals surface area contributed by atoms with Gasteiger partial charge >= 0.3 is 6.01 Å². The van der Waals surface area contributed by atoms with Crippen LogP contribution in [-0.2, 0) is 0 Å². The number of nitrogens with zero attached hydrogens (tertiary/aromatic N) is 3. The van der Waals surface area contributed by atoms with Gasteiger partial charge in [-0.2, -0.15) is 15.0 Å². The van der Waals surface area contributed by atoms with E-state index in [0.29, 0.717) is 17.9 Å². The summed E-state index contributed by atoms with van der Waals surface area (Å²) >= 11 is 5.87. The average Bonchev–Trinajstić information content (AvgIpc) is 2.33. The Morgan fingerprint density at radius 2 is 2.00 bits per heavy atom. The molecule has 0 spiro atoms. The van der Waals surface area contributed by atoms with Gasteiger partial charge in [0.25, 0.3) is 0 Å². The van der Waals surface area contributed by atoms with Crippen molar-refractivity contribution in [2.45, 2.75) is 46.1 Å². The second-order valence-corrected chi connectivity index (χ2v) is 5.59. The summed E-state index contributed by atoms with van der Waals surface area (Å²) in [6.45, 7) is 7.27. The zero-order chi connectivity index (χ0) is 13.8. The van der Waals surface area contributed by atoms with Gasteiger partial charge in [-0.3, -0.25) is 0 Å². The van der Waals surface area contributed by atoms with Crippen LogP contribution < -0.4 is 10.1 Å². The molecule has 3 unspecified atom stereocenters. The zero-order valence-electron chi connectivity index (χ0n) is 11.7. The molecule has 3 atom stereocenters. The molecular formula is C13H21ClN4O. The third kappa shape index (κ3) is 3.93. The van der Waals surface area contributed by atoms with E-state index in [1.54, 1.807) is 0 Å². The highest BCUT2D eigenvalue weighted by atomic mass is 35.5. The number of hydrogen-bond acceptors (Lipinski definition) is 5. The van der Waals surface area contributed by atoms with Crippen molar-refractivity contribution in [3.63, 3.8) is 0 Å². The Morgan fingerprint density at radius 1 is 1.21 bits per heavy atom. The summed E-state index contributed by atoms with van der Waals surface area (Å²) in [6.07, 6.45) is 3.45. The van der Waals surface area contributed by atoms with E-state index in [-0.39, 0.29) is 11.4 Å². The first-order chi connectivity index (χ1) is 9.08. The highest BCUT2D eigenvalue weighted by Crippen LogP contribution is 2.31. The van der Waals surface area contributed by atoms with Crippen LogP contribution in [0, 0.1) is 11.8 Å². The van der Waals surface area contributed by atoms with Gasteiger partial charge in [0.15, 0.2) is 0 Å². The minimum atomic E-state index is 0.165. The van der Waals surface area contributed by atoms with E-state index in [2.05, 4.69) is 34.1 Å². The van der Waals surface area contributed by atoms with Crippen LogP contribution in [0.15, 0.2) is 0 Å². The molecule has 0 aliphatic heterocycles. The van der Waals surface area contributed by atoms with E-state index in [9.17, 15) is 0 Å². The second-order valence-electron chi connectivity index (χ2n) is 5.25. The second kappa shape index (κ2) is 6.37. The van der Waals surface area contributed by atoms with E-state index < -0.39 is 0 Å². The van der Waals surface area contributed by atoms with Crippen LogP contribution in [0.2, 0.25) is 5.28 Å². The molecule has 5 nitrogen and oxygen atoms in total. The molecule has 1 fully saturated rings. The summed E-state index contributed by atoms with van der Waals surface area (Å²) in [4.78, 5) is 12.3. The largest absolute Gasteiger partial charge is 0.460 e. The minimum absolute atomic E-state index is 0.165. The molecule has 6 heteroatoms. The summed E-state index contributed by atoms with van der Waals surface area (Å²) in [6, 6.07) is 0.322. The van der Waals surface area contributed by atoms with Gasteiger partial charge in [-0.15, -0.1) is 0 Å². The molecule has 0 bridgehead atoms. The lowest BCUT2D eigenvalue weighted by Crippen LogP contribution is -2.29. The topological polar surface area (TPSA) is 59.9 Å².